The fourth-order valence-corrected chi connectivity index (χ4v) is 1.35. The van der Waals surface area contributed by atoms with Crippen LogP contribution in [0.4, 0.5) is 0 Å². The van der Waals surface area contributed by atoms with Crippen LogP contribution in [0.5, 0.6) is 5.75 Å². The molecule has 0 aromatic heterocycles. The van der Waals surface area contributed by atoms with Crippen molar-refractivity contribution < 1.29 is 9.90 Å². The molecule has 82 valence electrons. The molecule has 0 heterocycles. The van der Waals surface area contributed by atoms with E-state index in [1.54, 1.807) is 25.1 Å². The zero-order valence-electron chi connectivity index (χ0n) is 9.66. The van der Waals surface area contributed by atoms with E-state index in [2.05, 4.69) is 0 Å². The summed E-state index contributed by atoms with van der Waals surface area (Å²) < 4.78 is 0. The number of phenolic OH excluding ortho intramolecular Hbond substituents is 1. The van der Waals surface area contributed by atoms with Gasteiger partial charge in [0.05, 0.1) is 6.42 Å². The highest BCUT2D eigenvalue weighted by Crippen LogP contribution is 2.22. The van der Waals surface area contributed by atoms with Gasteiger partial charge in [-0.1, -0.05) is 6.07 Å². The third-order valence-corrected chi connectivity index (χ3v) is 2.55. The lowest BCUT2D eigenvalue weighted by Crippen LogP contribution is -2.23. The van der Waals surface area contributed by atoms with Crippen LogP contribution in [0.1, 0.15) is 16.7 Å². The molecule has 3 nitrogen and oxygen atoms in total. The first-order valence-electron chi connectivity index (χ1n) is 4.91. The quantitative estimate of drug-likeness (QED) is 0.801. The molecule has 0 atom stereocenters. The molecule has 0 fully saturated rings. The molecule has 0 aliphatic carbocycles. The maximum atomic E-state index is 11.5. The molecule has 0 aliphatic rings. The van der Waals surface area contributed by atoms with E-state index in [4.69, 9.17) is 0 Å². The molecule has 1 rings (SSSR count). The van der Waals surface area contributed by atoms with Crippen molar-refractivity contribution in [3.8, 4) is 5.75 Å². The van der Waals surface area contributed by atoms with Gasteiger partial charge in [-0.15, -0.1) is 0 Å². The number of aromatic hydroxyl groups is 1. The van der Waals surface area contributed by atoms with E-state index in [1.165, 1.54) is 0 Å². The van der Waals surface area contributed by atoms with Gasteiger partial charge in [0.25, 0.3) is 0 Å². The summed E-state index contributed by atoms with van der Waals surface area (Å²) >= 11 is 0. The van der Waals surface area contributed by atoms with Crippen LogP contribution in [0, 0.1) is 13.8 Å². The minimum atomic E-state index is 0.0395. The number of carbonyl (C=O) groups is 1. The maximum absolute atomic E-state index is 11.5. The lowest BCUT2D eigenvalue weighted by atomic mass is 10.0. The molecule has 1 N–H and O–H groups in total. The molecule has 15 heavy (non-hydrogen) atoms. The molecule has 0 unspecified atom stereocenters. The van der Waals surface area contributed by atoms with Gasteiger partial charge in [-0.2, -0.15) is 0 Å². The standard InChI is InChI=1S/C12H17NO2/c1-8-5-10(6-11(14)9(8)2)7-12(15)13(3)4/h5-6,14H,7H2,1-4H3. The van der Waals surface area contributed by atoms with Crippen molar-refractivity contribution in [2.24, 2.45) is 0 Å². The molecule has 1 amide bonds. The van der Waals surface area contributed by atoms with Crippen molar-refractivity contribution in [1.82, 2.24) is 4.90 Å². The number of amides is 1. The third kappa shape index (κ3) is 2.72. The molecule has 1 aromatic rings. The van der Waals surface area contributed by atoms with Gasteiger partial charge in [-0.05, 0) is 36.6 Å². The predicted molar refractivity (Wildman–Crippen MR) is 60.0 cm³/mol. The first kappa shape index (κ1) is 11.6. The Labute approximate surface area is 90.3 Å². The summed E-state index contributed by atoms with van der Waals surface area (Å²) in [5.41, 5.74) is 2.74. The van der Waals surface area contributed by atoms with Crippen LogP contribution >= 0.6 is 0 Å². The number of nitrogens with zero attached hydrogens (tertiary/aromatic N) is 1. The van der Waals surface area contributed by atoms with E-state index in [0.717, 1.165) is 16.7 Å². The molecule has 0 radical (unpaired) electrons. The van der Waals surface area contributed by atoms with Crippen molar-refractivity contribution in [2.75, 3.05) is 14.1 Å². The zero-order chi connectivity index (χ0) is 11.6. The molecule has 1 aromatic carbocycles. The number of carbonyl (C=O) groups excluding carboxylic acids is 1. The van der Waals surface area contributed by atoms with Crippen LogP contribution in [0.3, 0.4) is 0 Å². The van der Waals surface area contributed by atoms with Gasteiger partial charge in [-0.25, -0.2) is 0 Å². The summed E-state index contributed by atoms with van der Waals surface area (Å²) in [5, 5.41) is 9.61. The smallest absolute Gasteiger partial charge is 0.226 e. The second-order valence-corrected chi connectivity index (χ2v) is 4.02. The van der Waals surface area contributed by atoms with Gasteiger partial charge in [0, 0.05) is 14.1 Å². The van der Waals surface area contributed by atoms with Gasteiger partial charge in [0.15, 0.2) is 0 Å². The number of hydrogen-bond acceptors (Lipinski definition) is 2. The van der Waals surface area contributed by atoms with E-state index < -0.39 is 0 Å². The molecule has 3 heteroatoms. The summed E-state index contributed by atoms with van der Waals surface area (Å²) in [6.45, 7) is 3.79. The number of benzene rings is 1. The lowest BCUT2D eigenvalue weighted by Gasteiger charge is -2.11. The van der Waals surface area contributed by atoms with Gasteiger partial charge in [0.2, 0.25) is 5.91 Å². The van der Waals surface area contributed by atoms with Gasteiger partial charge in [0.1, 0.15) is 5.75 Å². The minimum Gasteiger partial charge on any atom is -0.508 e. The van der Waals surface area contributed by atoms with Crippen LogP contribution in [-0.2, 0) is 11.2 Å². The first-order valence-corrected chi connectivity index (χ1v) is 4.91. The Balaban J connectivity index is 2.93. The highest BCUT2D eigenvalue weighted by atomic mass is 16.3. The van der Waals surface area contributed by atoms with Gasteiger partial charge in [-0.3, -0.25) is 4.79 Å². The fourth-order valence-electron chi connectivity index (χ4n) is 1.35. The van der Waals surface area contributed by atoms with Gasteiger partial charge >= 0.3 is 0 Å². The Kier molecular flexibility index (Phi) is 3.35. The van der Waals surface area contributed by atoms with Crippen LogP contribution in [0.2, 0.25) is 0 Å². The molecule has 0 saturated carbocycles. The number of hydrogen-bond donors (Lipinski definition) is 1. The van der Waals surface area contributed by atoms with Crippen LogP contribution in [0.15, 0.2) is 12.1 Å². The summed E-state index contributed by atoms with van der Waals surface area (Å²) in [6, 6.07) is 3.60. The van der Waals surface area contributed by atoms with E-state index in [9.17, 15) is 9.90 Å². The monoisotopic (exact) mass is 207 g/mol. The van der Waals surface area contributed by atoms with Crippen molar-refractivity contribution in [3.63, 3.8) is 0 Å². The molecular weight excluding hydrogens is 190 g/mol. The highest BCUT2D eigenvalue weighted by molar-refractivity contribution is 5.78. The van der Waals surface area contributed by atoms with E-state index >= 15 is 0 Å². The fraction of sp³-hybridized carbons (Fsp3) is 0.417. The Morgan fingerprint density at radius 2 is 1.93 bits per heavy atom. The third-order valence-electron chi connectivity index (χ3n) is 2.55. The Morgan fingerprint density at radius 3 is 2.40 bits per heavy atom. The van der Waals surface area contributed by atoms with Crippen molar-refractivity contribution in [1.29, 1.82) is 0 Å². The van der Waals surface area contributed by atoms with E-state index in [-0.39, 0.29) is 11.7 Å². The second kappa shape index (κ2) is 4.34. The van der Waals surface area contributed by atoms with Crippen LogP contribution in [0.25, 0.3) is 0 Å². The van der Waals surface area contributed by atoms with Crippen molar-refractivity contribution in [3.05, 3.63) is 28.8 Å². The van der Waals surface area contributed by atoms with E-state index in [1.807, 2.05) is 19.9 Å². The summed E-state index contributed by atoms with van der Waals surface area (Å²) in [7, 11) is 3.45. The maximum Gasteiger partial charge on any atom is 0.226 e. The topological polar surface area (TPSA) is 40.5 Å². The normalized spacial score (nSPS) is 10.1. The number of rotatable bonds is 2. The van der Waals surface area contributed by atoms with Crippen molar-refractivity contribution in [2.45, 2.75) is 20.3 Å². The average molecular weight is 207 g/mol. The summed E-state index contributed by atoms with van der Waals surface area (Å²) in [5.74, 6) is 0.300. The molecule has 0 bridgehead atoms. The SMILES string of the molecule is Cc1cc(CC(=O)N(C)C)cc(O)c1C. The Morgan fingerprint density at radius 1 is 1.33 bits per heavy atom. The van der Waals surface area contributed by atoms with Crippen molar-refractivity contribution >= 4 is 5.91 Å². The number of likely N-dealkylation sites (N-methyl/N-ethyl adjacent to an activating group) is 1. The Hall–Kier alpha value is -1.51. The molecular formula is C12H17NO2. The lowest BCUT2D eigenvalue weighted by molar-refractivity contribution is -0.127. The van der Waals surface area contributed by atoms with E-state index in [0.29, 0.717) is 6.42 Å². The van der Waals surface area contributed by atoms with Crippen LogP contribution in [-0.4, -0.2) is 30.0 Å². The average Bonchev–Trinajstić information content (AvgIpc) is 2.13. The highest BCUT2D eigenvalue weighted by Gasteiger charge is 2.08. The summed E-state index contributed by atoms with van der Waals surface area (Å²) in [4.78, 5) is 13.0. The number of aryl methyl sites for hydroxylation is 1. The minimum absolute atomic E-state index is 0.0395. The molecule has 0 spiro atoms. The van der Waals surface area contributed by atoms with Gasteiger partial charge < -0.3 is 10.0 Å². The molecule has 0 saturated heterocycles. The predicted octanol–water partition coefficient (Wildman–Crippen LogP) is 1.64. The number of phenols is 1. The van der Waals surface area contributed by atoms with Crippen LogP contribution < -0.4 is 0 Å². The zero-order valence-corrected chi connectivity index (χ0v) is 9.66. The largest absolute Gasteiger partial charge is 0.508 e. The Bertz CT molecular complexity index is 360. The molecule has 0 aliphatic heterocycles. The first-order chi connectivity index (χ1) is 6.91. The summed E-state index contributed by atoms with van der Waals surface area (Å²) in [6.07, 6.45) is 0.335. The second-order valence-electron chi connectivity index (χ2n) is 4.02.